The normalized spacial score (nSPS) is 23.5. The number of carbonyl (C=O) groups is 2. The molecular weight excluding hydrogens is 338 g/mol. The van der Waals surface area contributed by atoms with E-state index in [0.717, 1.165) is 18.5 Å². The second-order valence-electron chi connectivity index (χ2n) is 9.16. The number of hydrogen-bond donors (Lipinski definition) is 1. The Labute approximate surface area is 162 Å². The van der Waals surface area contributed by atoms with Gasteiger partial charge in [-0.2, -0.15) is 0 Å². The van der Waals surface area contributed by atoms with E-state index in [0.29, 0.717) is 24.0 Å². The molecule has 3 aliphatic rings. The first kappa shape index (κ1) is 19.7. The molecule has 0 unspecified atom stereocenters. The van der Waals surface area contributed by atoms with Gasteiger partial charge in [0.15, 0.2) is 0 Å². The Kier molecular flexibility index (Phi) is 5.20. The van der Waals surface area contributed by atoms with Crippen molar-refractivity contribution in [1.29, 1.82) is 0 Å². The third kappa shape index (κ3) is 3.95. The summed E-state index contributed by atoms with van der Waals surface area (Å²) < 4.78 is 4.74. The molecule has 0 spiro atoms. The zero-order valence-electron chi connectivity index (χ0n) is 17.2. The number of nitrogens with one attached hydrogen (secondary N) is 1. The van der Waals surface area contributed by atoms with Gasteiger partial charge < -0.3 is 10.1 Å². The van der Waals surface area contributed by atoms with Crippen LogP contribution in [0.2, 0.25) is 0 Å². The number of carbonyl (C=O) groups excluding carboxylic acids is 2. The minimum absolute atomic E-state index is 0.0571. The molecule has 0 aromatic rings. The maximum Gasteiger partial charge on any atom is 0.333 e. The van der Waals surface area contributed by atoms with Gasteiger partial charge in [0.1, 0.15) is 0 Å². The van der Waals surface area contributed by atoms with Crippen LogP contribution in [0.5, 0.6) is 0 Å². The van der Waals surface area contributed by atoms with Gasteiger partial charge in [-0.3, -0.25) is 4.79 Å². The van der Waals surface area contributed by atoms with E-state index < -0.39 is 0 Å². The molecule has 3 aliphatic carbocycles. The molecule has 0 aliphatic heterocycles. The summed E-state index contributed by atoms with van der Waals surface area (Å²) in [6, 6.07) is 0. The van der Waals surface area contributed by atoms with Crippen molar-refractivity contribution in [2.75, 3.05) is 7.11 Å². The van der Waals surface area contributed by atoms with Crippen LogP contribution in [0.4, 0.5) is 0 Å². The number of hydrogen-bond acceptors (Lipinski definition) is 3. The summed E-state index contributed by atoms with van der Waals surface area (Å²) in [4.78, 5) is 24.3. The number of esters is 1. The molecule has 0 aromatic heterocycles. The summed E-state index contributed by atoms with van der Waals surface area (Å²) in [6.07, 6.45) is 11.0. The molecule has 146 valence electrons. The van der Waals surface area contributed by atoms with Gasteiger partial charge >= 0.3 is 5.97 Å². The highest BCUT2D eigenvalue weighted by Crippen LogP contribution is 2.52. The van der Waals surface area contributed by atoms with E-state index in [2.05, 4.69) is 39.1 Å². The van der Waals surface area contributed by atoms with Gasteiger partial charge in [0, 0.05) is 16.8 Å². The van der Waals surface area contributed by atoms with Crippen molar-refractivity contribution < 1.29 is 14.3 Å². The van der Waals surface area contributed by atoms with E-state index >= 15 is 0 Å². The van der Waals surface area contributed by atoms with E-state index in [9.17, 15) is 9.59 Å². The summed E-state index contributed by atoms with van der Waals surface area (Å²) in [5, 5.41) is 3.12. The fourth-order valence-electron chi connectivity index (χ4n) is 4.40. The molecule has 1 amide bonds. The van der Waals surface area contributed by atoms with E-state index in [1.807, 2.05) is 0 Å². The lowest BCUT2D eigenvalue weighted by molar-refractivity contribution is -0.136. The number of allylic oxidation sites excluding steroid dienone is 6. The molecule has 0 atom stereocenters. The van der Waals surface area contributed by atoms with Crippen LogP contribution in [0.3, 0.4) is 0 Å². The van der Waals surface area contributed by atoms with Crippen LogP contribution in [-0.4, -0.2) is 19.0 Å². The first-order chi connectivity index (χ1) is 12.6. The topological polar surface area (TPSA) is 55.4 Å². The summed E-state index contributed by atoms with van der Waals surface area (Å²) in [7, 11) is 1.38. The van der Waals surface area contributed by atoms with Gasteiger partial charge in [0.05, 0.1) is 7.11 Å². The SMILES string of the molecule is COC(=O)C1=CC=C(C(=O)NC2=CC3=C(CC2)C(C)(C)CCC3(C)C)CC1. The lowest BCUT2D eigenvalue weighted by Crippen LogP contribution is -2.34. The minimum atomic E-state index is -0.317. The fourth-order valence-corrected chi connectivity index (χ4v) is 4.40. The van der Waals surface area contributed by atoms with Gasteiger partial charge in [-0.05, 0) is 61.0 Å². The molecule has 0 saturated carbocycles. The maximum atomic E-state index is 12.7. The van der Waals surface area contributed by atoms with Crippen LogP contribution in [0.1, 0.15) is 66.2 Å². The fraction of sp³-hybridized carbons (Fsp3) is 0.565. The maximum absolute atomic E-state index is 12.7. The summed E-state index contributed by atoms with van der Waals surface area (Å²) in [5.41, 5.74) is 5.71. The molecule has 1 N–H and O–H groups in total. The number of methoxy groups -OCH3 is 1. The van der Waals surface area contributed by atoms with Gasteiger partial charge in [-0.25, -0.2) is 4.79 Å². The highest BCUT2D eigenvalue weighted by atomic mass is 16.5. The van der Waals surface area contributed by atoms with Crippen molar-refractivity contribution in [3.8, 4) is 0 Å². The zero-order chi connectivity index (χ0) is 19.8. The molecule has 4 nitrogen and oxygen atoms in total. The molecule has 3 rings (SSSR count). The Bertz CT molecular complexity index is 790. The van der Waals surface area contributed by atoms with Crippen LogP contribution in [0.25, 0.3) is 0 Å². The molecule has 4 heteroatoms. The molecular formula is C23H31NO3. The molecule has 0 bridgehead atoms. The van der Waals surface area contributed by atoms with E-state index in [4.69, 9.17) is 4.74 Å². The molecule has 0 heterocycles. The number of amides is 1. The Balaban J connectivity index is 1.77. The van der Waals surface area contributed by atoms with Crippen molar-refractivity contribution in [2.24, 2.45) is 10.8 Å². The van der Waals surface area contributed by atoms with Gasteiger partial charge in [-0.1, -0.05) is 45.4 Å². The predicted molar refractivity (Wildman–Crippen MR) is 107 cm³/mol. The Morgan fingerprint density at radius 3 is 2.19 bits per heavy atom. The van der Waals surface area contributed by atoms with Gasteiger partial charge in [0.25, 0.3) is 5.91 Å². The summed E-state index contributed by atoms with van der Waals surface area (Å²) in [5.74, 6) is -0.374. The average molecular weight is 370 g/mol. The van der Waals surface area contributed by atoms with Crippen LogP contribution >= 0.6 is 0 Å². The van der Waals surface area contributed by atoms with E-state index in [1.54, 1.807) is 17.7 Å². The monoisotopic (exact) mass is 369 g/mol. The highest BCUT2D eigenvalue weighted by Gasteiger charge is 2.39. The van der Waals surface area contributed by atoms with Gasteiger partial charge in [-0.15, -0.1) is 0 Å². The first-order valence-electron chi connectivity index (χ1n) is 9.88. The van der Waals surface area contributed by atoms with Crippen molar-refractivity contribution in [1.82, 2.24) is 5.32 Å². The second-order valence-corrected chi connectivity index (χ2v) is 9.16. The third-order valence-corrected chi connectivity index (χ3v) is 6.37. The average Bonchev–Trinajstić information content (AvgIpc) is 2.65. The lowest BCUT2D eigenvalue weighted by Gasteiger charge is -2.45. The Hall–Kier alpha value is -2.10. The van der Waals surface area contributed by atoms with Crippen molar-refractivity contribution in [2.45, 2.75) is 66.2 Å². The lowest BCUT2D eigenvalue weighted by atomic mass is 9.60. The van der Waals surface area contributed by atoms with Crippen molar-refractivity contribution >= 4 is 11.9 Å². The van der Waals surface area contributed by atoms with Crippen LogP contribution in [0.15, 0.2) is 46.2 Å². The summed E-state index contributed by atoms with van der Waals surface area (Å²) in [6.45, 7) is 9.30. The molecule has 27 heavy (non-hydrogen) atoms. The van der Waals surface area contributed by atoms with Crippen molar-refractivity contribution in [3.05, 3.63) is 46.2 Å². The Morgan fingerprint density at radius 2 is 1.56 bits per heavy atom. The van der Waals surface area contributed by atoms with E-state index in [-0.39, 0.29) is 22.7 Å². The molecule has 0 fully saturated rings. The van der Waals surface area contributed by atoms with Gasteiger partial charge in [0.2, 0.25) is 0 Å². The number of rotatable bonds is 3. The van der Waals surface area contributed by atoms with E-state index in [1.165, 1.54) is 25.5 Å². The molecule has 0 aromatic carbocycles. The van der Waals surface area contributed by atoms with Crippen LogP contribution in [0, 0.1) is 10.8 Å². The third-order valence-electron chi connectivity index (χ3n) is 6.37. The number of ether oxygens (including phenoxy) is 1. The smallest absolute Gasteiger partial charge is 0.333 e. The van der Waals surface area contributed by atoms with Crippen molar-refractivity contribution in [3.63, 3.8) is 0 Å². The summed E-state index contributed by atoms with van der Waals surface area (Å²) >= 11 is 0. The standard InChI is InChI=1S/C23H31NO3/c1-22(2)12-13-23(3,4)19-14-17(10-11-18(19)22)24-20(25)15-6-8-16(9-7-15)21(26)27-5/h6,8,14H,7,9-13H2,1-5H3,(H,24,25). The second kappa shape index (κ2) is 7.14. The first-order valence-corrected chi connectivity index (χ1v) is 9.88. The quantitative estimate of drug-likeness (QED) is 0.731. The zero-order valence-corrected chi connectivity index (χ0v) is 17.2. The molecule has 0 radical (unpaired) electrons. The largest absolute Gasteiger partial charge is 0.466 e. The van der Waals surface area contributed by atoms with Crippen LogP contribution < -0.4 is 5.32 Å². The predicted octanol–water partition coefficient (Wildman–Crippen LogP) is 4.74. The van der Waals surface area contributed by atoms with Crippen LogP contribution in [-0.2, 0) is 14.3 Å². The highest BCUT2D eigenvalue weighted by molar-refractivity contribution is 5.97. The Morgan fingerprint density at radius 1 is 0.926 bits per heavy atom. The molecule has 0 saturated heterocycles. The minimum Gasteiger partial charge on any atom is -0.466 e.